The number of para-hydroxylation sites is 2. The highest BCUT2D eigenvalue weighted by molar-refractivity contribution is 7.93. The van der Waals surface area contributed by atoms with Gasteiger partial charge < -0.3 is 4.42 Å². The molecule has 1 unspecified atom stereocenters. The fourth-order valence-electron chi connectivity index (χ4n) is 3.64. The number of sulfonamides is 1. The van der Waals surface area contributed by atoms with E-state index >= 15 is 0 Å². The van der Waals surface area contributed by atoms with E-state index in [4.69, 9.17) is 4.42 Å². The molecule has 1 aromatic heterocycles. The van der Waals surface area contributed by atoms with Gasteiger partial charge in [-0.25, -0.2) is 13.4 Å². The molecule has 5 rings (SSSR count). The number of carbonyl (C=O) groups excluding carboxylic acids is 1. The Kier molecular flexibility index (Phi) is 3.69. The number of benzene rings is 3. The topological polar surface area (TPSA) is 104 Å². The van der Waals surface area contributed by atoms with Crippen molar-refractivity contribution in [1.82, 2.24) is 4.98 Å². The zero-order valence-corrected chi connectivity index (χ0v) is 15.8. The summed E-state index contributed by atoms with van der Waals surface area (Å²) in [6.45, 7) is -0.479. The second kappa shape index (κ2) is 6.15. The van der Waals surface area contributed by atoms with Gasteiger partial charge in [-0.2, -0.15) is 5.26 Å². The molecule has 4 aromatic rings. The maximum Gasteiger partial charge on any atom is 0.265 e. The number of rotatable bonds is 4. The Morgan fingerprint density at radius 3 is 2.62 bits per heavy atom. The van der Waals surface area contributed by atoms with E-state index in [0.717, 1.165) is 9.69 Å². The van der Waals surface area contributed by atoms with Crippen molar-refractivity contribution in [3.05, 3.63) is 66.6 Å². The second-order valence-electron chi connectivity index (χ2n) is 6.69. The van der Waals surface area contributed by atoms with Crippen LogP contribution in [0, 0.1) is 11.3 Å². The van der Waals surface area contributed by atoms with Gasteiger partial charge in [0.2, 0.25) is 5.89 Å². The Bertz CT molecular complexity index is 1410. The number of aromatic nitrogens is 1. The van der Waals surface area contributed by atoms with Crippen LogP contribution in [-0.4, -0.2) is 25.7 Å². The normalized spacial score (nSPS) is 15.5. The van der Waals surface area contributed by atoms with Gasteiger partial charge >= 0.3 is 0 Å². The van der Waals surface area contributed by atoms with Gasteiger partial charge in [-0.15, -0.1) is 0 Å². The molecule has 0 aliphatic carbocycles. The lowest BCUT2D eigenvalue weighted by atomic mass is 10.1. The van der Waals surface area contributed by atoms with Crippen LogP contribution < -0.4 is 4.31 Å². The molecular weight excluding hydrogens is 390 g/mol. The van der Waals surface area contributed by atoms with Crippen LogP contribution in [0.2, 0.25) is 0 Å². The number of Topliss-reactive ketones (excluding diaryl/α,β-unsaturated/α-hetero) is 1. The molecule has 7 nitrogen and oxygen atoms in total. The zero-order valence-electron chi connectivity index (χ0n) is 14.9. The van der Waals surface area contributed by atoms with Gasteiger partial charge in [0.1, 0.15) is 5.52 Å². The molecule has 1 atom stereocenters. The third-order valence-corrected chi connectivity index (χ3v) is 6.79. The summed E-state index contributed by atoms with van der Waals surface area (Å²) in [5.41, 5.74) is 1.42. The third kappa shape index (κ3) is 2.52. The smallest absolute Gasteiger partial charge is 0.265 e. The summed E-state index contributed by atoms with van der Waals surface area (Å²) in [5.74, 6) is -1.95. The van der Waals surface area contributed by atoms with E-state index in [2.05, 4.69) is 4.98 Å². The Labute approximate surface area is 165 Å². The number of oxazole rings is 1. The summed E-state index contributed by atoms with van der Waals surface area (Å²) >= 11 is 0. The van der Waals surface area contributed by atoms with Crippen LogP contribution in [0.1, 0.15) is 11.8 Å². The van der Waals surface area contributed by atoms with Crippen molar-refractivity contribution in [3.8, 4) is 6.07 Å². The molecule has 1 aliphatic rings. The fraction of sp³-hybridized carbons (Fsp3) is 0.0952. The van der Waals surface area contributed by atoms with Crippen LogP contribution >= 0.6 is 0 Å². The summed E-state index contributed by atoms with van der Waals surface area (Å²) < 4.78 is 32.7. The van der Waals surface area contributed by atoms with Crippen molar-refractivity contribution in [2.75, 3.05) is 10.8 Å². The van der Waals surface area contributed by atoms with Gasteiger partial charge in [-0.1, -0.05) is 36.4 Å². The van der Waals surface area contributed by atoms with Gasteiger partial charge in [-0.05, 0) is 29.7 Å². The van der Waals surface area contributed by atoms with E-state index in [1.54, 1.807) is 42.5 Å². The van der Waals surface area contributed by atoms with Gasteiger partial charge in [0.25, 0.3) is 10.0 Å². The van der Waals surface area contributed by atoms with E-state index in [9.17, 15) is 18.5 Å². The monoisotopic (exact) mass is 403 g/mol. The third-order valence-electron chi connectivity index (χ3n) is 4.99. The van der Waals surface area contributed by atoms with Crippen LogP contribution in [0.3, 0.4) is 0 Å². The van der Waals surface area contributed by atoms with Crippen molar-refractivity contribution in [2.24, 2.45) is 0 Å². The summed E-state index contributed by atoms with van der Waals surface area (Å²) in [6.07, 6.45) is 0. The van der Waals surface area contributed by atoms with Crippen LogP contribution in [0.15, 0.2) is 70.0 Å². The highest BCUT2D eigenvalue weighted by Gasteiger charge is 2.38. The first kappa shape index (κ1) is 17.4. The highest BCUT2D eigenvalue weighted by atomic mass is 32.2. The zero-order chi connectivity index (χ0) is 20.2. The van der Waals surface area contributed by atoms with Gasteiger partial charge in [0.05, 0.1) is 23.2 Å². The minimum Gasteiger partial charge on any atom is -0.439 e. The SMILES string of the molecule is N#CC(C(=O)CN1c2cccc3cccc(c23)S1(=O)=O)c1nc2ccccc2o1. The van der Waals surface area contributed by atoms with Crippen LogP contribution in [-0.2, 0) is 14.8 Å². The summed E-state index contributed by atoms with van der Waals surface area (Å²) in [6, 6.07) is 19.1. The molecule has 0 radical (unpaired) electrons. The van der Waals surface area contributed by atoms with Crippen LogP contribution in [0.4, 0.5) is 5.69 Å². The lowest BCUT2D eigenvalue weighted by molar-refractivity contribution is -0.118. The lowest BCUT2D eigenvalue weighted by Gasteiger charge is -2.18. The first-order chi connectivity index (χ1) is 14.0. The molecule has 8 heteroatoms. The highest BCUT2D eigenvalue weighted by Crippen LogP contribution is 2.42. The molecule has 0 bridgehead atoms. The number of hydrogen-bond donors (Lipinski definition) is 0. The maximum absolute atomic E-state index is 13.0. The van der Waals surface area contributed by atoms with Crippen LogP contribution in [0.25, 0.3) is 21.9 Å². The molecule has 29 heavy (non-hydrogen) atoms. The Balaban J connectivity index is 1.53. The molecule has 3 aromatic carbocycles. The first-order valence-corrected chi connectivity index (χ1v) is 10.3. The summed E-state index contributed by atoms with van der Waals surface area (Å²) in [5, 5.41) is 10.9. The number of anilines is 1. The predicted octanol–water partition coefficient (Wildman–Crippen LogP) is 3.37. The maximum atomic E-state index is 13.0. The van der Waals surface area contributed by atoms with E-state index in [1.807, 2.05) is 18.2 Å². The van der Waals surface area contributed by atoms with Crippen molar-refractivity contribution in [1.29, 1.82) is 5.26 Å². The average molecular weight is 403 g/mol. The average Bonchev–Trinajstić information content (AvgIpc) is 3.23. The van der Waals surface area contributed by atoms with E-state index < -0.39 is 28.3 Å². The largest absolute Gasteiger partial charge is 0.439 e. The van der Waals surface area contributed by atoms with Gasteiger partial charge in [-0.3, -0.25) is 9.10 Å². The van der Waals surface area contributed by atoms with E-state index in [-0.39, 0.29) is 10.8 Å². The molecule has 0 amide bonds. The minimum absolute atomic E-state index is 0.0361. The van der Waals surface area contributed by atoms with E-state index in [0.29, 0.717) is 22.2 Å². The molecular formula is C21H13N3O4S. The summed E-state index contributed by atoms with van der Waals surface area (Å²) in [7, 11) is -3.89. The van der Waals surface area contributed by atoms with Crippen molar-refractivity contribution < 1.29 is 17.6 Å². The minimum atomic E-state index is -3.89. The number of ketones is 1. The molecule has 0 saturated heterocycles. The Morgan fingerprint density at radius 1 is 1.10 bits per heavy atom. The van der Waals surface area contributed by atoms with Crippen LogP contribution in [0.5, 0.6) is 0 Å². The fourth-order valence-corrected chi connectivity index (χ4v) is 5.32. The lowest BCUT2D eigenvalue weighted by Crippen LogP contribution is -2.34. The Morgan fingerprint density at radius 2 is 1.86 bits per heavy atom. The van der Waals surface area contributed by atoms with Crippen molar-refractivity contribution in [3.63, 3.8) is 0 Å². The van der Waals surface area contributed by atoms with Crippen molar-refractivity contribution >= 4 is 43.4 Å². The Hall–Kier alpha value is -3.70. The molecule has 142 valence electrons. The molecule has 2 heterocycles. The standard InChI is InChI=1S/C21H13N3O4S/c22-11-14(21-23-15-7-1-2-9-18(15)28-21)17(25)12-24-16-8-3-5-13-6-4-10-19(20(13)16)29(24,26)27/h1-10,14H,12H2. The number of nitrogens with zero attached hydrogens (tertiary/aromatic N) is 3. The second-order valence-corrected chi connectivity index (χ2v) is 8.52. The van der Waals surface area contributed by atoms with Gasteiger partial charge in [0, 0.05) is 5.39 Å². The summed E-state index contributed by atoms with van der Waals surface area (Å²) in [4.78, 5) is 17.3. The number of carbonyl (C=O) groups is 1. The molecule has 0 fully saturated rings. The predicted molar refractivity (Wildman–Crippen MR) is 106 cm³/mol. The number of hydrogen-bond acceptors (Lipinski definition) is 6. The molecule has 0 N–H and O–H groups in total. The quantitative estimate of drug-likeness (QED) is 0.517. The molecule has 0 spiro atoms. The molecule has 1 aliphatic heterocycles. The number of nitriles is 1. The van der Waals surface area contributed by atoms with Gasteiger partial charge in [0.15, 0.2) is 17.3 Å². The molecule has 0 saturated carbocycles. The number of fused-ring (bicyclic) bond motifs is 1. The first-order valence-electron chi connectivity index (χ1n) is 8.83. The van der Waals surface area contributed by atoms with E-state index in [1.165, 1.54) is 6.07 Å². The van der Waals surface area contributed by atoms with Crippen molar-refractivity contribution in [2.45, 2.75) is 10.8 Å².